The van der Waals surface area contributed by atoms with E-state index in [1.807, 2.05) is 0 Å². The second kappa shape index (κ2) is 28.4. The number of hydrogen-bond acceptors (Lipinski definition) is 9. The molecule has 0 saturated heterocycles. The molecule has 0 unspecified atom stereocenters. The van der Waals surface area contributed by atoms with Gasteiger partial charge in [-0.05, 0) is 72.8 Å². The number of ether oxygens (including phenoxy) is 2. The van der Waals surface area contributed by atoms with E-state index >= 15 is 0 Å². The van der Waals surface area contributed by atoms with Crippen LogP contribution >= 0.6 is 15.8 Å². The van der Waals surface area contributed by atoms with Crippen molar-refractivity contribution in [1.29, 1.82) is 0 Å². The number of rotatable bonds is 8. The second-order valence-corrected chi connectivity index (χ2v) is 21.2. The molecule has 0 aromatic heterocycles. The molecular weight excluding hydrogens is 1140 g/mol. The average Bonchev–Trinajstić information content (AvgIpc) is 4.14. The number of nitrogens with zero attached hydrogens (tertiary/aromatic N) is 2. The molecule has 0 atom stereocenters. The van der Waals surface area contributed by atoms with Crippen molar-refractivity contribution in [2.45, 2.75) is 5.51 Å². The molecule has 0 bridgehead atoms. The molecule has 9 nitrogen and oxygen atoms in total. The molecule has 2 heterocycles. The fourth-order valence-corrected chi connectivity index (χ4v) is 12.1. The van der Waals surface area contributed by atoms with Crippen molar-refractivity contribution in [3.05, 3.63) is 242 Å². The first kappa shape index (κ1) is 55.4. The van der Waals surface area contributed by atoms with Gasteiger partial charge in [0, 0.05) is 31.5 Å². The number of benzene rings is 8. The van der Waals surface area contributed by atoms with Crippen molar-refractivity contribution < 1.29 is 66.3 Å². The Bertz CT molecular complexity index is 2620. The van der Waals surface area contributed by atoms with Crippen molar-refractivity contribution in [2.24, 2.45) is 9.98 Å². The van der Waals surface area contributed by atoms with Gasteiger partial charge in [-0.3, -0.25) is 0 Å². The summed E-state index contributed by atoms with van der Waals surface area (Å²) in [6.45, 7) is 2.49. The van der Waals surface area contributed by atoms with Gasteiger partial charge >= 0.3 is 5.51 Å². The predicted octanol–water partition coefficient (Wildman–Crippen LogP) is 7.48. The molecule has 0 fully saturated rings. The van der Waals surface area contributed by atoms with Gasteiger partial charge in [-0.1, -0.05) is 169 Å². The molecule has 0 amide bonds. The van der Waals surface area contributed by atoms with E-state index in [0.29, 0.717) is 49.2 Å². The number of alkyl halides is 3. The third-order valence-corrected chi connectivity index (χ3v) is 16.1. The molecule has 0 saturated carbocycles. The molecular formula is C55H48F3N2O7P2ReS-. The Kier molecular flexibility index (Phi) is 22.2. The summed E-state index contributed by atoms with van der Waals surface area (Å²) in [5.41, 5.74) is -4.52. The molecule has 0 N–H and O–H groups in total. The van der Waals surface area contributed by atoms with Gasteiger partial charge in [0.1, 0.15) is 45.0 Å². The van der Waals surface area contributed by atoms with E-state index in [1.165, 1.54) is 44.0 Å². The van der Waals surface area contributed by atoms with Gasteiger partial charge < -0.3 is 24.2 Å². The quantitative estimate of drug-likeness (QED) is 0.0872. The van der Waals surface area contributed by atoms with Gasteiger partial charge in [0.05, 0.1) is 28.9 Å². The van der Waals surface area contributed by atoms with Crippen LogP contribution in [0.5, 0.6) is 11.5 Å². The van der Waals surface area contributed by atoms with E-state index in [0.717, 1.165) is 0 Å². The molecule has 0 spiro atoms. The van der Waals surface area contributed by atoms with Crippen molar-refractivity contribution in [2.75, 3.05) is 26.3 Å². The summed E-state index contributed by atoms with van der Waals surface area (Å²) in [7, 11) is -7.84. The van der Waals surface area contributed by atoms with Crippen LogP contribution in [0.3, 0.4) is 0 Å². The van der Waals surface area contributed by atoms with Gasteiger partial charge in [0.2, 0.25) is 11.8 Å². The topological polar surface area (TPSA) is 146 Å². The van der Waals surface area contributed by atoms with Gasteiger partial charge in [-0.15, -0.1) is 0 Å². The van der Waals surface area contributed by atoms with E-state index in [2.05, 4.69) is 192 Å². The Morgan fingerprint density at radius 3 is 0.803 bits per heavy atom. The fourth-order valence-electron chi connectivity index (χ4n) is 6.91. The Labute approximate surface area is 428 Å². The van der Waals surface area contributed by atoms with E-state index in [4.69, 9.17) is 22.4 Å². The zero-order chi connectivity index (χ0) is 49.6. The maximum Gasteiger partial charge on any atom is 0.485 e. The normalized spacial score (nSPS) is 12.5. The largest absolute Gasteiger partial charge is 0.872 e. The molecule has 2 aliphatic heterocycles. The minimum Gasteiger partial charge on any atom is -0.872 e. The van der Waals surface area contributed by atoms with Crippen LogP contribution in [0.2, 0.25) is 0 Å². The fraction of sp³-hybridized carbons (Fsp3) is 0.0909. The molecule has 8 aromatic carbocycles. The SMILES string of the molecule is O=S(=O)([O-])C(F)(F)F.[O-]c1ccccc1C1=NCCO1.[O-]c1ccccc1C1=NCCO1.[Re].c1ccc([PH+](c2ccccc2)c2ccccc2)cc1.c1ccc([PH+](c2ccccc2)c2ccccc2)cc1. The van der Waals surface area contributed by atoms with Crippen LogP contribution in [0, 0.1) is 0 Å². The standard InChI is InChI=1S/2C18H15P.2C9H9NO2.CHF3O3S.Re/c2*1-4-10-16(11-5-1)19(17-12-6-2-7-13-17)18-14-8-3-9-15-18;2*11-8-4-2-1-3-7(8)9-10-5-6-12-9;2-1(3,4)8(5,6)7;/h2*1-15H;2*1-4,11H,5-6H2;(H,5,6,7);/p-1. The van der Waals surface area contributed by atoms with Crippen LogP contribution in [-0.4, -0.2) is 56.6 Å². The Morgan fingerprint density at radius 1 is 0.408 bits per heavy atom. The molecule has 10 rings (SSSR count). The summed E-state index contributed by atoms with van der Waals surface area (Å²) in [5.74, 6) is 0.914. The maximum atomic E-state index is 11.2. The first-order valence-corrected chi connectivity index (χ1v) is 26.3. The van der Waals surface area contributed by atoms with Gasteiger partial charge in [0.25, 0.3) is 0 Å². The third kappa shape index (κ3) is 17.1. The molecule has 71 heavy (non-hydrogen) atoms. The summed E-state index contributed by atoms with van der Waals surface area (Å²) in [5, 5.41) is 31.1. The summed E-state index contributed by atoms with van der Waals surface area (Å²) in [4.78, 5) is 8.12. The second-order valence-electron chi connectivity index (χ2n) is 14.9. The van der Waals surface area contributed by atoms with E-state index in [9.17, 15) is 23.4 Å². The van der Waals surface area contributed by atoms with E-state index in [-0.39, 0.29) is 31.9 Å². The minimum atomic E-state index is -6.09. The molecule has 0 aliphatic carbocycles. The predicted molar refractivity (Wildman–Crippen MR) is 275 cm³/mol. The number of halogens is 3. The molecule has 1 radical (unpaired) electrons. The van der Waals surface area contributed by atoms with Crippen molar-refractivity contribution in [3.63, 3.8) is 0 Å². The zero-order valence-corrected chi connectivity index (χ0v) is 43.5. The van der Waals surface area contributed by atoms with Crippen LogP contribution in [-0.2, 0) is 40.0 Å². The van der Waals surface area contributed by atoms with Crippen molar-refractivity contribution in [3.8, 4) is 11.5 Å². The summed E-state index contributed by atoms with van der Waals surface area (Å²) < 4.78 is 69.2. The molecule has 8 aromatic rings. The van der Waals surface area contributed by atoms with Gasteiger partial charge in [-0.25, -0.2) is 18.4 Å². The van der Waals surface area contributed by atoms with Crippen LogP contribution in [0.1, 0.15) is 11.1 Å². The molecule has 16 heteroatoms. The van der Waals surface area contributed by atoms with Gasteiger partial charge in [0.15, 0.2) is 10.1 Å². The monoisotopic (exact) mass is 1190 g/mol. The smallest absolute Gasteiger partial charge is 0.485 e. The summed E-state index contributed by atoms with van der Waals surface area (Å²) >= 11 is 0. The summed E-state index contributed by atoms with van der Waals surface area (Å²) in [6.07, 6.45) is 0. The Balaban J connectivity index is 0.000000170. The van der Waals surface area contributed by atoms with Crippen LogP contribution in [0.15, 0.2) is 241 Å². The number of aliphatic imine (C=N–C) groups is 2. The average molecular weight is 1190 g/mol. The first-order chi connectivity index (χ1) is 33.9. The molecule has 365 valence electrons. The van der Waals surface area contributed by atoms with Crippen LogP contribution in [0.4, 0.5) is 13.2 Å². The third-order valence-electron chi connectivity index (χ3n) is 10.1. The van der Waals surface area contributed by atoms with Crippen molar-refractivity contribution >= 4 is 69.6 Å². The minimum absolute atomic E-state index is 0. The zero-order valence-electron chi connectivity index (χ0n) is 37.9. The Hall–Kier alpha value is -6.48. The first-order valence-electron chi connectivity index (χ1n) is 21.9. The Morgan fingerprint density at radius 2 is 0.620 bits per heavy atom. The maximum absolute atomic E-state index is 11.2. The van der Waals surface area contributed by atoms with E-state index in [1.54, 1.807) is 36.4 Å². The van der Waals surface area contributed by atoms with E-state index < -0.39 is 31.5 Å². The number of para-hydroxylation sites is 2. The van der Waals surface area contributed by atoms with Crippen molar-refractivity contribution in [1.82, 2.24) is 0 Å². The molecule has 2 aliphatic rings. The van der Waals surface area contributed by atoms with Crippen LogP contribution in [0.25, 0.3) is 0 Å². The van der Waals surface area contributed by atoms with Crippen LogP contribution < -0.4 is 42.0 Å². The van der Waals surface area contributed by atoms with Gasteiger partial charge in [-0.2, -0.15) is 13.2 Å². The number of hydrogen-bond donors (Lipinski definition) is 0. The summed E-state index contributed by atoms with van der Waals surface area (Å²) in [6, 6.07) is 78.5.